The lowest BCUT2D eigenvalue weighted by Crippen LogP contribution is -2.26. The molecule has 3 rings (SSSR count). The Bertz CT molecular complexity index is 595. The molecule has 0 N–H and O–H groups in total. The van der Waals surface area contributed by atoms with Crippen LogP contribution in [0.4, 0.5) is 5.69 Å². The minimum absolute atomic E-state index is 0.0279. The quantitative estimate of drug-likeness (QED) is 0.685. The van der Waals surface area contributed by atoms with Crippen molar-refractivity contribution < 1.29 is 4.79 Å². The summed E-state index contributed by atoms with van der Waals surface area (Å²) < 4.78 is 0. The Hall–Kier alpha value is -2.23. The van der Waals surface area contributed by atoms with Crippen molar-refractivity contribution in [3.05, 3.63) is 53.6 Å². The Morgan fingerprint density at radius 2 is 1.82 bits per heavy atom. The summed E-state index contributed by atoms with van der Waals surface area (Å²) in [5.41, 5.74) is 3.20. The van der Waals surface area contributed by atoms with E-state index in [0.717, 1.165) is 17.1 Å². The van der Waals surface area contributed by atoms with Gasteiger partial charge in [0.25, 0.3) is 5.91 Å². The van der Waals surface area contributed by atoms with E-state index in [4.69, 9.17) is 0 Å². The molecular formula is C13H11N3O. The van der Waals surface area contributed by atoms with Crippen LogP contribution in [0.2, 0.25) is 0 Å². The molecule has 1 aliphatic heterocycles. The van der Waals surface area contributed by atoms with Gasteiger partial charge >= 0.3 is 0 Å². The zero-order chi connectivity index (χ0) is 11.8. The van der Waals surface area contributed by atoms with Gasteiger partial charge in [0.05, 0.1) is 22.6 Å². The second-order valence-electron chi connectivity index (χ2n) is 4.01. The maximum absolute atomic E-state index is 12.3. The largest absolute Gasteiger partial charge is 0.310 e. The van der Waals surface area contributed by atoms with Gasteiger partial charge in [-0.15, -0.1) is 0 Å². The van der Waals surface area contributed by atoms with Gasteiger partial charge in [-0.1, -0.05) is 0 Å². The lowest BCUT2D eigenvalue weighted by molar-refractivity contribution is 0.0992. The third kappa shape index (κ3) is 1.49. The summed E-state index contributed by atoms with van der Waals surface area (Å²) in [5.74, 6) is -0.0279. The molecule has 0 spiro atoms. The van der Waals surface area contributed by atoms with E-state index in [2.05, 4.69) is 9.97 Å². The minimum Gasteiger partial charge on any atom is -0.310 e. The van der Waals surface area contributed by atoms with Crippen molar-refractivity contribution in [1.29, 1.82) is 0 Å². The van der Waals surface area contributed by atoms with Gasteiger partial charge in [0.15, 0.2) is 0 Å². The van der Waals surface area contributed by atoms with E-state index in [-0.39, 0.29) is 5.91 Å². The third-order valence-electron chi connectivity index (χ3n) is 2.99. The average molecular weight is 225 g/mol. The molecule has 0 unspecified atom stereocenters. The van der Waals surface area contributed by atoms with Crippen LogP contribution < -0.4 is 4.90 Å². The average Bonchev–Trinajstić information content (AvgIpc) is 2.48. The van der Waals surface area contributed by atoms with Crippen LogP contribution in [0.15, 0.2) is 36.7 Å². The molecule has 0 bridgehead atoms. The summed E-state index contributed by atoms with van der Waals surface area (Å²) in [4.78, 5) is 22.5. The van der Waals surface area contributed by atoms with Crippen molar-refractivity contribution in [3.8, 4) is 0 Å². The molecule has 2 aromatic heterocycles. The zero-order valence-corrected chi connectivity index (χ0v) is 9.42. The summed E-state index contributed by atoms with van der Waals surface area (Å²) in [7, 11) is 1.77. The molecule has 4 nitrogen and oxygen atoms in total. The first-order chi connectivity index (χ1) is 8.27. The smallest absolute Gasteiger partial charge is 0.259 e. The fourth-order valence-electron chi connectivity index (χ4n) is 2.09. The molecule has 0 atom stereocenters. The number of amides is 1. The van der Waals surface area contributed by atoms with E-state index in [1.54, 1.807) is 30.4 Å². The van der Waals surface area contributed by atoms with E-state index in [9.17, 15) is 4.79 Å². The fourth-order valence-corrected chi connectivity index (χ4v) is 2.09. The number of hydrogen-bond donors (Lipinski definition) is 0. The van der Waals surface area contributed by atoms with E-state index in [1.807, 2.05) is 18.2 Å². The molecule has 3 heterocycles. The Morgan fingerprint density at radius 1 is 1.12 bits per heavy atom. The van der Waals surface area contributed by atoms with E-state index >= 15 is 0 Å². The van der Waals surface area contributed by atoms with Crippen LogP contribution in [0.1, 0.15) is 21.7 Å². The number of fused-ring (bicyclic) bond motifs is 2. The first-order valence-corrected chi connectivity index (χ1v) is 5.43. The van der Waals surface area contributed by atoms with Crippen LogP contribution in [0.5, 0.6) is 0 Å². The number of pyridine rings is 2. The topological polar surface area (TPSA) is 46.1 Å². The number of aromatic nitrogens is 2. The number of nitrogens with zero attached hydrogens (tertiary/aromatic N) is 3. The van der Waals surface area contributed by atoms with Gasteiger partial charge in [-0.05, 0) is 24.3 Å². The number of carbonyl (C=O) groups is 1. The van der Waals surface area contributed by atoms with Crippen molar-refractivity contribution in [2.75, 3.05) is 11.9 Å². The van der Waals surface area contributed by atoms with Crippen LogP contribution in [-0.2, 0) is 6.42 Å². The van der Waals surface area contributed by atoms with Gasteiger partial charge in [0.1, 0.15) is 0 Å². The van der Waals surface area contributed by atoms with E-state index in [1.165, 1.54) is 0 Å². The second kappa shape index (κ2) is 3.66. The lowest BCUT2D eigenvalue weighted by Gasteiger charge is -2.16. The highest BCUT2D eigenvalue weighted by Crippen LogP contribution is 2.26. The molecule has 17 heavy (non-hydrogen) atoms. The Labute approximate surface area is 98.9 Å². The number of anilines is 1. The third-order valence-corrected chi connectivity index (χ3v) is 2.99. The molecule has 1 amide bonds. The Balaban J connectivity index is 2.24. The van der Waals surface area contributed by atoms with Gasteiger partial charge in [-0.3, -0.25) is 14.8 Å². The van der Waals surface area contributed by atoms with Gasteiger partial charge in [0.2, 0.25) is 0 Å². The maximum Gasteiger partial charge on any atom is 0.259 e. The lowest BCUT2D eigenvalue weighted by atomic mass is 10.1. The van der Waals surface area contributed by atoms with Gasteiger partial charge in [-0.25, -0.2) is 0 Å². The molecule has 0 saturated carbocycles. The van der Waals surface area contributed by atoms with Crippen LogP contribution in [0, 0.1) is 0 Å². The Morgan fingerprint density at radius 3 is 2.65 bits per heavy atom. The summed E-state index contributed by atoms with van der Waals surface area (Å²) >= 11 is 0. The fraction of sp³-hybridized carbons (Fsp3) is 0.154. The summed E-state index contributed by atoms with van der Waals surface area (Å²) in [6.45, 7) is 0. The molecule has 2 aromatic rings. The van der Waals surface area contributed by atoms with Crippen LogP contribution in [-0.4, -0.2) is 22.9 Å². The summed E-state index contributed by atoms with van der Waals surface area (Å²) in [6, 6.07) is 7.35. The van der Waals surface area contributed by atoms with E-state index in [0.29, 0.717) is 12.0 Å². The SMILES string of the molecule is CN1C(=O)c2cccnc2Cc2ncccc21. The standard InChI is InChI=1S/C13H11N3O/c1-16-12-5-3-7-15-11(12)8-10-9(13(16)17)4-2-6-14-10/h2-7H,8H2,1H3. The van der Waals surface area contributed by atoms with Crippen molar-refractivity contribution in [3.63, 3.8) is 0 Å². The molecule has 4 heteroatoms. The van der Waals surface area contributed by atoms with Crippen LogP contribution >= 0.6 is 0 Å². The van der Waals surface area contributed by atoms with Crippen molar-refractivity contribution in [2.45, 2.75) is 6.42 Å². The molecule has 1 aliphatic rings. The highest BCUT2D eigenvalue weighted by molar-refractivity contribution is 6.07. The molecule has 84 valence electrons. The first-order valence-electron chi connectivity index (χ1n) is 5.43. The molecule has 0 saturated heterocycles. The number of hydrogen-bond acceptors (Lipinski definition) is 3. The van der Waals surface area contributed by atoms with E-state index < -0.39 is 0 Å². The molecule has 0 fully saturated rings. The molecule has 0 aliphatic carbocycles. The van der Waals surface area contributed by atoms with Crippen LogP contribution in [0.25, 0.3) is 0 Å². The highest BCUT2D eigenvalue weighted by Gasteiger charge is 2.24. The van der Waals surface area contributed by atoms with Crippen molar-refractivity contribution >= 4 is 11.6 Å². The minimum atomic E-state index is -0.0279. The van der Waals surface area contributed by atoms with Crippen LogP contribution in [0.3, 0.4) is 0 Å². The van der Waals surface area contributed by atoms with Crippen molar-refractivity contribution in [2.24, 2.45) is 0 Å². The van der Waals surface area contributed by atoms with Gasteiger partial charge < -0.3 is 4.90 Å². The zero-order valence-electron chi connectivity index (χ0n) is 9.42. The predicted octanol–water partition coefficient (Wildman–Crippen LogP) is 1.66. The predicted molar refractivity (Wildman–Crippen MR) is 64.0 cm³/mol. The molecular weight excluding hydrogens is 214 g/mol. The Kier molecular flexibility index (Phi) is 2.14. The summed E-state index contributed by atoms with van der Waals surface area (Å²) in [6.07, 6.45) is 4.05. The number of carbonyl (C=O) groups excluding carboxylic acids is 1. The molecule has 0 aromatic carbocycles. The highest BCUT2D eigenvalue weighted by atomic mass is 16.2. The van der Waals surface area contributed by atoms with Crippen molar-refractivity contribution in [1.82, 2.24) is 9.97 Å². The maximum atomic E-state index is 12.3. The van der Waals surface area contributed by atoms with Gasteiger partial charge in [0, 0.05) is 25.9 Å². The monoisotopic (exact) mass is 225 g/mol. The summed E-state index contributed by atoms with van der Waals surface area (Å²) in [5, 5.41) is 0. The molecule has 0 radical (unpaired) electrons. The first kappa shape index (κ1) is 9.96. The number of rotatable bonds is 0. The normalized spacial score (nSPS) is 13.9. The van der Waals surface area contributed by atoms with Gasteiger partial charge in [-0.2, -0.15) is 0 Å². The second-order valence-corrected chi connectivity index (χ2v) is 4.01.